The van der Waals surface area contributed by atoms with Crippen LogP contribution in [0.25, 0.3) is 33.3 Å². The summed E-state index contributed by atoms with van der Waals surface area (Å²) < 4.78 is 5.72. The van der Waals surface area contributed by atoms with E-state index in [1.807, 2.05) is 61.5 Å². The molecule has 0 aliphatic heterocycles. The fourth-order valence-electron chi connectivity index (χ4n) is 3.06. The highest BCUT2D eigenvalue weighted by molar-refractivity contribution is 5.81. The summed E-state index contributed by atoms with van der Waals surface area (Å²) >= 11 is 0. The molecule has 2 aromatic heterocycles. The van der Waals surface area contributed by atoms with E-state index in [9.17, 15) is 4.79 Å². The standard InChI is InChI=1S/C22H18N2O2/c1-2-26-22-6-4-3-5-17(22)15-7-9-16(10-8-15)20-13-21(25)18-14-23-12-11-19(18)24-20/h3-14H,2H2,1H3,(H,24,25). The number of para-hydroxylation sites is 1. The summed E-state index contributed by atoms with van der Waals surface area (Å²) in [5, 5.41) is 0.596. The molecular formula is C22H18N2O2. The maximum Gasteiger partial charge on any atom is 0.191 e. The minimum absolute atomic E-state index is 0.0346. The van der Waals surface area contributed by atoms with E-state index in [0.717, 1.165) is 33.7 Å². The van der Waals surface area contributed by atoms with Crippen molar-refractivity contribution < 1.29 is 4.74 Å². The highest BCUT2D eigenvalue weighted by Crippen LogP contribution is 2.31. The molecule has 2 heterocycles. The molecule has 0 radical (unpaired) electrons. The van der Waals surface area contributed by atoms with Crippen molar-refractivity contribution in [3.05, 3.63) is 83.3 Å². The van der Waals surface area contributed by atoms with Gasteiger partial charge in [-0.1, -0.05) is 42.5 Å². The number of hydrogen-bond acceptors (Lipinski definition) is 3. The van der Waals surface area contributed by atoms with E-state index < -0.39 is 0 Å². The van der Waals surface area contributed by atoms with Gasteiger partial charge >= 0.3 is 0 Å². The van der Waals surface area contributed by atoms with Crippen LogP contribution in [0.1, 0.15) is 6.92 Å². The molecule has 4 heteroatoms. The summed E-state index contributed by atoms with van der Waals surface area (Å²) in [6.45, 7) is 2.60. The first-order chi connectivity index (χ1) is 12.8. The molecule has 0 saturated carbocycles. The molecule has 0 spiro atoms. The number of fused-ring (bicyclic) bond motifs is 1. The third kappa shape index (κ3) is 2.97. The second kappa shape index (κ2) is 6.84. The number of nitrogens with zero attached hydrogens (tertiary/aromatic N) is 1. The van der Waals surface area contributed by atoms with Crippen molar-refractivity contribution in [2.45, 2.75) is 6.92 Å². The van der Waals surface area contributed by atoms with Crippen LogP contribution in [0.5, 0.6) is 5.75 Å². The zero-order valence-electron chi connectivity index (χ0n) is 14.4. The number of aromatic nitrogens is 2. The van der Waals surface area contributed by atoms with E-state index in [2.05, 4.69) is 9.97 Å². The maximum atomic E-state index is 12.3. The molecule has 4 rings (SSSR count). The van der Waals surface area contributed by atoms with E-state index in [1.165, 1.54) is 0 Å². The van der Waals surface area contributed by atoms with Crippen molar-refractivity contribution in [3.8, 4) is 28.1 Å². The molecule has 0 saturated heterocycles. The van der Waals surface area contributed by atoms with Gasteiger partial charge in [0.15, 0.2) is 5.43 Å². The lowest BCUT2D eigenvalue weighted by Crippen LogP contribution is -2.03. The molecule has 0 atom stereocenters. The molecule has 0 aliphatic rings. The Balaban J connectivity index is 1.74. The number of H-pyrrole nitrogens is 1. The average Bonchev–Trinajstić information content (AvgIpc) is 2.69. The van der Waals surface area contributed by atoms with E-state index >= 15 is 0 Å². The number of pyridine rings is 2. The Morgan fingerprint density at radius 1 is 1.00 bits per heavy atom. The highest BCUT2D eigenvalue weighted by atomic mass is 16.5. The van der Waals surface area contributed by atoms with Gasteiger partial charge in [-0.2, -0.15) is 0 Å². The predicted molar refractivity (Wildman–Crippen MR) is 104 cm³/mol. The largest absolute Gasteiger partial charge is 0.493 e. The lowest BCUT2D eigenvalue weighted by atomic mass is 10.0. The Hall–Kier alpha value is -3.40. The Morgan fingerprint density at radius 3 is 2.58 bits per heavy atom. The van der Waals surface area contributed by atoms with Gasteiger partial charge < -0.3 is 9.72 Å². The summed E-state index contributed by atoms with van der Waals surface area (Å²) in [5.74, 6) is 0.870. The molecule has 0 bridgehead atoms. The topological polar surface area (TPSA) is 55.0 Å². The average molecular weight is 342 g/mol. The number of ether oxygens (including phenoxy) is 1. The van der Waals surface area contributed by atoms with Crippen molar-refractivity contribution in [1.82, 2.24) is 9.97 Å². The van der Waals surface area contributed by atoms with Crippen molar-refractivity contribution >= 4 is 10.9 Å². The van der Waals surface area contributed by atoms with Crippen molar-refractivity contribution in [3.63, 3.8) is 0 Å². The first-order valence-electron chi connectivity index (χ1n) is 8.56. The minimum Gasteiger partial charge on any atom is -0.493 e. The summed E-state index contributed by atoms with van der Waals surface area (Å²) in [6.07, 6.45) is 3.27. The van der Waals surface area contributed by atoms with Gasteiger partial charge in [0, 0.05) is 29.7 Å². The molecule has 0 unspecified atom stereocenters. The van der Waals surface area contributed by atoms with E-state index in [1.54, 1.807) is 18.5 Å². The smallest absolute Gasteiger partial charge is 0.191 e. The lowest BCUT2D eigenvalue weighted by molar-refractivity contribution is 0.341. The molecule has 0 fully saturated rings. The summed E-state index contributed by atoms with van der Waals surface area (Å²) in [7, 11) is 0. The van der Waals surface area contributed by atoms with Crippen LogP contribution in [0, 0.1) is 0 Å². The number of hydrogen-bond donors (Lipinski definition) is 1. The Labute approximate surface area is 151 Å². The molecular weight excluding hydrogens is 324 g/mol. The minimum atomic E-state index is -0.0346. The molecule has 4 nitrogen and oxygen atoms in total. The van der Waals surface area contributed by atoms with E-state index in [0.29, 0.717) is 12.0 Å². The lowest BCUT2D eigenvalue weighted by Gasteiger charge is -2.11. The van der Waals surface area contributed by atoms with Crippen LogP contribution in [-0.2, 0) is 0 Å². The molecule has 26 heavy (non-hydrogen) atoms. The third-order valence-electron chi connectivity index (χ3n) is 4.33. The summed E-state index contributed by atoms with van der Waals surface area (Å²) in [6, 6.07) is 19.5. The van der Waals surface area contributed by atoms with Gasteiger partial charge in [0.1, 0.15) is 5.75 Å². The number of aromatic amines is 1. The van der Waals surface area contributed by atoms with Crippen molar-refractivity contribution in [2.24, 2.45) is 0 Å². The van der Waals surface area contributed by atoms with Gasteiger partial charge in [-0.05, 0) is 30.2 Å². The van der Waals surface area contributed by atoms with Crippen LogP contribution in [0.2, 0.25) is 0 Å². The maximum absolute atomic E-state index is 12.3. The van der Waals surface area contributed by atoms with Crippen molar-refractivity contribution in [2.75, 3.05) is 6.61 Å². The molecule has 128 valence electrons. The molecule has 4 aromatic rings. The van der Waals surface area contributed by atoms with E-state index in [4.69, 9.17) is 4.74 Å². The van der Waals surface area contributed by atoms with Crippen LogP contribution in [-0.4, -0.2) is 16.6 Å². The van der Waals surface area contributed by atoms with Crippen LogP contribution >= 0.6 is 0 Å². The molecule has 1 N–H and O–H groups in total. The summed E-state index contributed by atoms with van der Waals surface area (Å²) in [5.41, 5.74) is 4.63. The number of benzene rings is 2. The van der Waals surface area contributed by atoms with Crippen molar-refractivity contribution in [1.29, 1.82) is 0 Å². The fraction of sp³-hybridized carbons (Fsp3) is 0.0909. The van der Waals surface area contributed by atoms with Gasteiger partial charge in [-0.25, -0.2) is 0 Å². The van der Waals surface area contributed by atoms with E-state index in [-0.39, 0.29) is 5.43 Å². The zero-order valence-corrected chi connectivity index (χ0v) is 14.4. The summed E-state index contributed by atoms with van der Waals surface area (Å²) in [4.78, 5) is 19.6. The van der Waals surface area contributed by atoms with Crippen LogP contribution in [0.4, 0.5) is 0 Å². The second-order valence-electron chi connectivity index (χ2n) is 5.98. The number of nitrogens with one attached hydrogen (secondary N) is 1. The third-order valence-corrected chi connectivity index (χ3v) is 4.33. The normalized spacial score (nSPS) is 10.8. The predicted octanol–water partition coefficient (Wildman–Crippen LogP) is 4.66. The molecule has 0 amide bonds. The van der Waals surface area contributed by atoms with Crippen LogP contribution in [0.15, 0.2) is 77.9 Å². The second-order valence-corrected chi connectivity index (χ2v) is 5.98. The quantitative estimate of drug-likeness (QED) is 0.587. The SMILES string of the molecule is CCOc1ccccc1-c1ccc(-c2cc(=O)c3cnccc3[nH]2)cc1. The Kier molecular flexibility index (Phi) is 4.23. The van der Waals surface area contributed by atoms with Gasteiger partial charge in [0.05, 0.1) is 17.5 Å². The molecule has 0 aliphatic carbocycles. The highest BCUT2D eigenvalue weighted by Gasteiger charge is 2.07. The van der Waals surface area contributed by atoms with Gasteiger partial charge in [0.2, 0.25) is 0 Å². The van der Waals surface area contributed by atoms with Crippen LogP contribution in [0.3, 0.4) is 0 Å². The van der Waals surface area contributed by atoms with Gasteiger partial charge in [-0.3, -0.25) is 9.78 Å². The monoisotopic (exact) mass is 342 g/mol. The first-order valence-corrected chi connectivity index (χ1v) is 8.56. The fourth-order valence-corrected chi connectivity index (χ4v) is 3.06. The zero-order chi connectivity index (χ0) is 17.9. The van der Waals surface area contributed by atoms with Gasteiger partial charge in [-0.15, -0.1) is 0 Å². The van der Waals surface area contributed by atoms with Crippen LogP contribution < -0.4 is 10.2 Å². The Bertz CT molecular complexity index is 1110. The first kappa shape index (κ1) is 16.1. The number of rotatable bonds is 4. The molecule has 2 aromatic carbocycles. The Morgan fingerprint density at radius 2 is 1.77 bits per heavy atom. The van der Waals surface area contributed by atoms with Gasteiger partial charge in [0.25, 0.3) is 0 Å².